The van der Waals surface area contributed by atoms with E-state index in [9.17, 15) is 9.59 Å². The first kappa shape index (κ1) is 17.8. The quantitative estimate of drug-likeness (QED) is 0.865. The lowest BCUT2D eigenvalue weighted by atomic mass is 10.1. The molecule has 1 aliphatic heterocycles. The van der Waals surface area contributed by atoms with E-state index in [-0.39, 0.29) is 24.2 Å². The topological polar surface area (TPSA) is 67.9 Å². The molecule has 1 fully saturated rings. The first-order valence-electron chi connectivity index (χ1n) is 8.46. The molecule has 2 aromatic carbocycles. The van der Waals surface area contributed by atoms with E-state index in [4.69, 9.17) is 9.47 Å². The van der Waals surface area contributed by atoms with Gasteiger partial charge in [-0.1, -0.05) is 18.2 Å². The lowest BCUT2D eigenvalue weighted by molar-refractivity contribution is -0.126. The Balaban J connectivity index is 1.59. The normalized spacial score (nSPS) is 16.5. The van der Waals surface area contributed by atoms with Gasteiger partial charge in [-0.3, -0.25) is 9.59 Å². The van der Waals surface area contributed by atoms with Gasteiger partial charge in [0.1, 0.15) is 11.5 Å². The highest BCUT2D eigenvalue weighted by atomic mass is 16.5. The molecule has 1 unspecified atom stereocenters. The predicted octanol–water partition coefficient (Wildman–Crippen LogP) is 2.37. The van der Waals surface area contributed by atoms with Crippen LogP contribution in [0.15, 0.2) is 48.5 Å². The van der Waals surface area contributed by atoms with Crippen LogP contribution in [-0.2, 0) is 16.1 Å². The molecule has 0 aliphatic carbocycles. The molecule has 1 N–H and O–H groups in total. The van der Waals surface area contributed by atoms with Gasteiger partial charge in [-0.25, -0.2) is 0 Å². The third kappa shape index (κ3) is 3.96. The molecule has 136 valence electrons. The number of hydrogen-bond acceptors (Lipinski definition) is 4. The number of nitrogens with zero attached hydrogens (tertiary/aromatic N) is 1. The van der Waals surface area contributed by atoms with Gasteiger partial charge in [0.25, 0.3) is 0 Å². The van der Waals surface area contributed by atoms with E-state index < -0.39 is 0 Å². The van der Waals surface area contributed by atoms with Crippen molar-refractivity contribution in [3.8, 4) is 11.5 Å². The van der Waals surface area contributed by atoms with Crippen molar-refractivity contribution in [1.29, 1.82) is 0 Å². The van der Waals surface area contributed by atoms with Gasteiger partial charge in [0.15, 0.2) is 0 Å². The van der Waals surface area contributed by atoms with Crippen LogP contribution in [0.2, 0.25) is 0 Å². The largest absolute Gasteiger partial charge is 0.497 e. The highest BCUT2D eigenvalue weighted by Crippen LogP contribution is 2.28. The van der Waals surface area contributed by atoms with Crippen LogP contribution in [0.1, 0.15) is 12.0 Å². The van der Waals surface area contributed by atoms with E-state index in [1.807, 2.05) is 42.5 Å². The molecule has 1 saturated heterocycles. The minimum atomic E-state index is -0.355. The summed E-state index contributed by atoms with van der Waals surface area (Å²) in [4.78, 5) is 26.4. The Kier molecular flexibility index (Phi) is 5.41. The maximum absolute atomic E-state index is 12.4. The lowest BCUT2D eigenvalue weighted by Crippen LogP contribution is -2.32. The monoisotopic (exact) mass is 354 g/mol. The zero-order valence-electron chi connectivity index (χ0n) is 14.9. The van der Waals surface area contributed by atoms with Crippen LogP contribution in [0.3, 0.4) is 0 Å². The zero-order valence-corrected chi connectivity index (χ0v) is 14.9. The minimum absolute atomic E-state index is 0.0529. The Morgan fingerprint density at radius 3 is 2.54 bits per heavy atom. The lowest BCUT2D eigenvalue weighted by Gasteiger charge is -2.17. The van der Waals surface area contributed by atoms with Crippen LogP contribution >= 0.6 is 0 Å². The summed E-state index contributed by atoms with van der Waals surface area (Å²) >= 11 is 0. The molecule has 2 aromatic rings. The zero-order chi connectivity index (χ0) is 18.5. The molecule has 0 bridgehead atoms. The molecule has 26 heavy (non-hydrogen) atoms. The van der Waals surface area contributed by atoms with Gasteiger partial charge < -0.3 is 19.7 Å². The summed E-state index contributed by atoms with van der Waals surface area (Å²) in [6.45, 7) is 0.799. The Bertz CT molecular complexity index is 789. The fraction of sp³-hybridized carbons (Fsp3) is 0.300. The van der Waals surface area contributed by atoms with Crippen molar-refractivity contribution in [2.24, 2.45) is 5.92 Å². The SMILES string of the molecule is COc1ccc(CNC(=O)C2CC(=O)N(c3cccc(OC)c3)C2)cc1. The molecule has 2 amide bonds. The van der Waals surface area contributed by atoms with Crippen LogP contribution < -0.4 is 19.7 Å². The molecule has 0 radical (unpaired) electrons. The van der Waals surface area contributed by atoms with E-state index >= 15 is 0 Å². The number of amides is 2. The molecule has 1 atom stereocenters. The van der Waals surface area contributed by atoms with Gasteiger partial charge in [-0.15, -0.1) is 0 Å². The third-order valence-electron chi connectivity index (χ3n) is 4.49. The molecule has 0 aromatic heterocycles. The number of carbonyl (C=O) groups is 2. The van der Waals surface area contributed by atoms with Gasteiger partial charge >= 0.3 is 0 Å². The summed E-state index contributed by atoms with van der Waals surface area (Å²) in [7, 11) is 3.20. The second kappa shape index (κ2) is 7.91. The van der Waals surface area contributed by atoms with Crippen molar-refractivity contribution in [2.45, 2.75) is 13.0 Å². The summed E-state index contributed by atoms with van der Waals surface area (Å²) in [5.41, 5.74) is 1.73. The second-order valence-corrected chi connectivity index (χ2v) is 6.17. The van der Waals surface area contributed by atoms with Gasteiger partial charge in [0.05, 0.1) is 20.1 Å². The number of methoxy groups -OCH3 is 2. The van der Waals surface area contributed by atoms with E-state index in [0.29, 0.717) is 18.8 Å². The van der Waals surface area contributed by atoms with Crippen molar-refractivity contribution < 1.29 is 19.1 Å². The molecule has 6 nitrogen and oxygen atoms in total. The number of benzene rings is 2. The maximum atomic E-state index is 12.4. The Hall–Kier alpha value is -3.02. The van der Waals surface area contributed by atoms with Crippen molar-refractivity contribution >= 4 is 17.5 Å². The van der Waals surface area contributed by atoms with E-state index in [1.54, 1.807) is 25.2 Å². The summed E-state index contributed by atoms with van der Waals surface area (Å²) in [5, 5.41) is 2.91. The molecule has 1 heterocycles. The molecule has 1 aliphatic rings. The molecule has 6 heteroatoms. The fourth-order valence-electron chi connectivity index (χ4n) is 2.99. The van der Waals surface area contributed by atoms with E-state index in [1.165, 1.54) is 0 Å². The first-order valence-corrected chi connectivity index (χ1v) is 8.46. The molecular formula is C20H22N2O4. The highest BCUT2D eigenvalue weighted by molar-refractivity contribution is 6.00. The summed E-state index contributed by atoms with van der Waals surface area (Å²) < 4.78 is 10.3. The third-order valence-corrected chi connectivity index (χ3v) is 4.49. The van der Waals surface area contributed by atoms with Crippen molar-refractivity contribution in [3.05, 3.63) is 54.1 Å². The molecule has 0 spiro atoms. The first-order chi connectivity index (χ1) is 12.6. The smallest absolute Gasteiger partial charge is 0.227 e. The van der Waals surface area contributed by atoms with Gasteiger partial charge in [-0.2, -0.15) is 0 Å². The van der Waals surface area contributed by atoms with Crippen LogP contribution in [0.25, 0.3) is 0 Å². The van der Waals surface area contributed by atoms with Crippen molar-refractivity contribution in [1.82, 2.24) is 5.32 Å². The molecule has 3 rings (SSSR count). The highest BCUT2D eigenvalue weighted by Gasteiger charge is 2.35. The number of rotatable bonds is 6. The van der Waals surface area contributed by atoms with Crippen LogP contribution in [0.5, 0.6) is 11.5 Å². The Morgan fingerprint density at radius 2 is 1.85 bits per heavy atom. The average Bonchev–Trinajstić information content (AvgIpc) is 3.08. The predicted molar refractivity (Wildman–Crippen MR) is 98.3 cm³/mol. The molecular weight excluding hydrogens is 332 g/mol. The van der Waals surface area contributed by atoms with Crippen LogP contribution in [0, 0.1) is 5.92 Å². The summed E-state index contributed by atoms with van der Waals surface area (Å²) in [6, 6.07) is 14.8. The number of ether oxygens (including phenoxy) is 2. The Labute approximate surface area is 152 Å². The summed E-state index contributed by atoms with van der Waals surface area (Å²) in [5.74, 6) is 0.937. The van der Waals surface area contributed by atoms with E-state index in [2.05, 4.69) is 5.32 Å². The van der Waals surface area contributed by atoms with Crippen LogP contribution in [-0.4, -0.2) is 32.6 Å². The number of carbonyl (C=O) groups excluding carboxylic acids is 2. The maximum Gasteiger partial charge on any atom is 0.227 e. The summed E-state index contributed by atoms with van der Waals surface area (Å²) in [6.07, 6.45) is 0.214. The van der Waals surface area contributed by atoms with Crippen molar-refractivity contribution in [2.75, 3.05) is 25.7 Å². The average molecular weight is 354 g/mol. The van der Waals surface area contributed by atoms with Crippen molar-refractivity contribution in [3.63, 3.8) is 0 Å². The number of hydrogen-bond donors (Lipinski definition) is 1. The molecule has 0 saturated carbocycles. The standard InChI is InChI=1S/C20H22N2O4/c1-25-17-8-6-14(7-9-17)12-21-20(24)15-10-19(23)22(13-15)16-4-3-5-18(11-16)26-2/h3-9,11,15H,10,12-13H2,1-2H3,(H,21,24). The van der Waals surface area contributed by atoms with Gasteiger partial charge in [0.2, 0.25) is 11.8 Å². The number of nitrogens with one attached hydrogen (secondary N) is 1. The second-order valence-electron chi connectivity index (χ2n) is 6.17. The van der Waals surface area contributed by atoms with Gasteiger partial charge in [-0.05, 0) is 29.8 Å². The fourth-order valence-corrected chi connectivity index (χ4v) is 2.99. The Morgan fingerprint density at radius 1 is 1.12 bits per heavy atom. The van der Waals surface area contributed by atoms with Crippen LogP contribution in [0.4, 0.5) is 5.69 Å². The van der Waals surface area contributed by atoms with Gasteiger partial charge in [0, 0.05) is 31.3 Å². The minimum Gasteiger partial charge on any atom is -0.497 e. The van der Waals surface area contributed by atoms with E-state index in [0.717, 1.165) is 17.0 Å². The number of anilines is 1.